The van der Waals surface area contributed by atoms with Gasteiger partial charge in [-0.1, -0.05) is 26.0 Å². The highest BCUT2D eigenvalue weighted by Gasteiger charge is 2.14. The number of carbonyl (C=O) groups excluding carboxylic acids is 1. The maximum absolute atomic E-state index is 10.9. The van der Waals surface area contributed by atoms with Crippen LogP contribution in [0, 0.1) is 5.41 Å². The van der Waals surface area contributed by atoms with Gasteiger partial charge in [-0.15, -0.1) is 6.58 Å². The Kier molecular flexibility index (Phi) is 4.68. The highest BCUT2D eigenvalue weighted by Crippen LogP contribution is 2.26. The van der Waals surface area contributed by atoms with E-state index in [2.05, 4.69) is 20.4 Å². The summed E-state index contributed by atoms with van der Waals surface area (Å²) in [6, 6.07) is 0. The Morgan fingerprint density at radius 3 is 2.23 bits per heavy atom. The van der Waals surface area contributed by atoms with Gasteiger partial charge in [-0.25, -0.2) is 0 Å². The summed E-state index contributed by atoms with van der Waals surface area (Å²) in [4.78, 5) is 10.9. The van der Waals surface area contributed by atoms with Crippen LogP contribution in [0.4, 0.5) is 0 Å². The minimum absolute atomic E-state index is 0.161. The lowest BCUT2D eigenvalue weighted by atomic mass is 9.85. The zero-order valence-corrected chi connectivity index (χ0v) is 9.18. The standard InChI is InChI=1S/C12H20O/c1-6-8-12(4,5)9-7-10(2)11(3)13/h6-7H,1,8-9H2,2-5H3/b10-7+. The third-order valence-corrected chi connectivity index (χ3v) is 2.21. The number of allylic oxidation sites excluding steroid dienone is 3. The van der Waals surface area contributed by atoms with Gasteiger partial charge in [0.1, 0.15) is 0 Å². The fourth-order valence-corrected chi connectivity index (χ4v) is 1.05. The number of hydrogen-bond acceptors (Lipinski definition) is 1. The van der Waals surface area contributed by atoms with E-state index in [1.54, 1.807) is 6.92 Å². The fraction of sp³-hybridized carbons (Fsp3) is 0.583. The second-order valence-corrected chi connectivity index (χ2v) is 4.30. The smallest absolute Gasteiger partial charge is 0.155 e. The van der Waals surface area contributed by atoms with Gasteiger partial charge in [0, 0.05) is 0 Å². The van der Waals surface area contributed by atoms with E-state index in [1.165, 1.54) is 0 Å². The molecule has 0 spiro atoms. The van der Waals surface area contributed by atoms with Crippen molar-refractivity contribution in [2.75, 3.05) is 0 Å². The van der Waals surface area contributed by atoms with E-state index in [4.69, 9.17) is 0 Å². The van der Waals surface area contributed by atoms with Crippen molar-refractivity contribution >= 4 is 5.78 Å². The molecule has 0 rings (SSSR count). The fourth-order valence-electron chi connectivity index (χ4n) is 1.05. The van der Waals surface area contributed by atoms with Crippen molar-refractivity contribution in [3.8, 4) is 0 Å². The minimum atomic E-state index is 0.161. The van der Waals surface area contributed by atoms with Crippen molar-refractivity contribution < 1.29 is 4.79 Å². The number of ketones is 1. The van der Waals surface area contributed by atoms with E-state index >= 15 is 0 Å². The summed E-state index contributed by atoms with van der Waals surface area (Å²) in [6.07, 6.45) is 5.86. The number of rotatable bonds is 5. The Balaban J connectivity index is 4.21. The summed E-state index contributed by atoms with van der Waals surface area (Å²) in [5.41, 5.74) is 1.08. The average molecular weight is 180 g/mol. The first-order valence-corrected chi connectivity index (χ1v) is 4.67. The molecule has 0 bridgehead atoms. The quantitative estimate of drug-likeness (QED) is 0.467. The Morgan fingerprint density at radius 1 is 1.31 bits per heavy atom. The third kappa shape index (κ3) is 5.40. The molecule has 0 aromatic rings. The Bertz CT molecular complexity index is 221. The molecule has 0 aliphatic heterocycles. The highest BCUT2D eigenvalue weighted by atomic mass is 16.1. The monoisotopic (exact) mass is 180 g/mol. The summed E-state index contributed by atoms with van der Waals surface area (Å²) in [5.74, 6) is 0.161. The van der Waals surface area contributed by atoms with Crippen LogP contribution in [0.25, 0.3) is 0 Å². The molecular formula is C12H20O. The van der Waals surface area contributed by atoms with Gasteiger partial charge < -0.3 is 0 Å². The lowest BCUT2D eigenvalue weighted by Gasteiger charge is -2.20. The van der Waals surface area contributed by atoms with E-state index in [9.17, 15) is 4.79 Å². The normalized spacial score (nSPS) is 12.8. The summed E-state index contributed by atoms with van der Waals surface area (Å²) < 4.78 is 0. The molecule has 0 aliphatic carbocycles. The molecule has 0 radical (unpaired) electrons. The molecule has 13 heavy (non-hydrogen) atoms. The average Bonchev–Trinajstić information content (AvgIpc) is 2.00. The van der Waals surface area contributed by atoms with Crippen molar-refractivity contribution in [3.63, 3.8) is 0 Å². The lowest BCUT2D eigenvalue weighted by molar-refractivity contribution is -0.113. The number of Topliss-reactive ketones (excluding diaryl/α,β-unsaturated/α-hetero) is 1. The first-order valence-electron chi connectivity index (χ1n) is 4.67. The molecule has 1 heteroatoms. The van der Waals surface area contributed by atoms with Crippen LogP contribution < -0.4 is 0 Å². The van der Waals surface area contributed by atoms with Gasteiger partial charge in [-0.05, 0) is 37.7 Å². The molecule has 0 saturated carbocycles. The molecule has 0 heterocycles. The van der Waals surface area contributed by atoms with Crippen molar-refractivity contribution in [1.29, 1.82) is 0 Å². The van der Waals surface area contributed by atoms with Crippen molar-refractivity contribution in [1.82, 2.24) is 0 Å². The van der Waals surface area contributed by atoms with Gasteiger partial charge >= 0.3 is 0 Å². The van der Waals surface area contributed by atoms with E-state index in [1.807, 2.05) is 19.1 Å². The van der Waals surface area contributed by atoms with Crippen LogP contribution in [0.15, 0.2) is 24.3 Å². The maximum atomic E-state index is 10.9. The summed E-state index contributed by atoms with van der Waals surface area (Å²) >= 11 is 0. The maximum Gasteiger partial charge on any atom is 0.155 e. The largest absolute Gasteiger partial charge is 0.295 e. The predicted octanol–water partition coefficient (Wildman–Crippen LogP) is 3.51. The zero-order chi connectivity index (χ0) is 10.5. The van der Waals surface area contributed by atoms with Crippen LogP contribution in [-0.2, 0) is 4.79 Å². The Hall–Kier alpha value is -0.850. The highest BCUT2D eigenvalue weighted by molar-refractivity contribution is 5.92. The zero-order valence-electron chi connectivity index (χ0n) is 9.18. The van der Waals surface area contributed by atoms with Gasteiger partial charge in [0.25, 0.3) is 0 Å². The van der Waals surface area contributed by atoms with Crippen LogP contribution in [0.2, 0.25) is 0 Å². The lowest BCUT2D eigenvalue weighted by Crippen LogP contribution is -2.08. The van der Waals surface area contributed by atoms with E-state index in [0.717, 1.165) is 18.4 Å². The molecule has 0 amide bonds. The van der Waals surface area contributed by atoms with Crippen LogP contribution in [0.1, 0.15) is 40.5 Å². The second-order valence-electron chi connectivity index (χ2n) is 4.30. The van der Waals surface area contributed by atoms with E-state index in [0.29, 0.717) is 0 Å². The van der Waals surface area contributed by atoms with Gasteiger partial charge in [0.05, 0.1) is 0 Å². The third-order valence-electron chi connectivity index (χ3n) is 2.21. The Labute approximate surface area is 81.5 Å². The molecule has 1 nitrogen and oxygen atoms in total. The number of hydrogen-bond donors (Lipinski definition) is 0. The van der Waals surface area contributed by atoms with Crippen LogP contribution in [-0.4, -0.2) is 5.78 Å². The molecule has 0 atom stereocenters. The number of carbonyl (C=O) groups is 1. The van der Waals surface area contributed by atoms with Gasteiger partial charge in [0.2, 0.25) is 0 Å². The SMILES string of the molecule is C=CCC(C)(C)C/C=C(\C)C(C)=O. The van der Waals surface area contributed by atoms with Gasteiger partial charge in [-0.3, -0.25) is 4.79 Å². The topological polar surface area (TPSA) is 17.1 Å². The van der Waals surface area contributed by atoms with Crippen molar-refractivity contribution in [3.05, 3.63) is 24.3 Å². The van der Waals surface area contributed by atoms with Crippen molar-refractivity contribution in [2.45, 2.75) is 40.5 Å². The van der Waals surface area contributed by atoms with E-state index in [-0.39, 0.29) is 11.2 Å². The Morgan fingerprint density at radius 2 is 1.85 bits per heavy atom. The molecule has 0 aromatic heterocycles. The molecule has 0 aromatic carbocycles. The molecule has 74 valence electrons. The van der Waals surface area contributed by atoms with Crippen LogP contribution in [0.5, 0.6) is 0 Å². The summed E-state index contributed by atoms with van der Waals surface area (Å²) in [5, 5.41) is 0. The first kappa shape index (κ1) is 12.2. The van der Waals surface area contributed by atoms with Gasteiger partial charge in [0.15, 0.2) is 5.78 Å². The predicted molar refractivity (Wildman–Crippen MR) is 57.7 cm³/mol. The molecule has 0 aliphatic rings. The van der Waals surface area contributed by atoms with E-state index < -0.39 is 0 Å². The second kappa shape index (κ2) is 5.00. The van der Waals surface area contributed by atoms with Crippen LogP contribution in [0.3, 0.4) is 0 Å². The molecular weight excluding hydrogens is 160 g/mol. The molecule has 0 N–H and O–H groups in total. The van der Waals surface area contributed by atoms with Crippen molar-refractivity contribution in [2.24, 2.45) is 5.41 Å². The van der Waals surface area contributed by atoms with Gasteiger partial charge in [-0.2, -0.15) is 0 Å². The molecule has 0 fully saturated rings. The van der Waals surface area contributed by atoms with Crippen LogP contribution >= 0.6 is 0 Å². The first-order chi connectivity index (χ1) is 5.89. The minimum Gasteiger partial charge on any atom is -0.295 e. The molecule has 0 saturated heterocycles. The molecule has 0 unspecified atom stereocenters. The summed E-state index contributed by atoms with van der Waals surface area (Å²) in [6.45, 7) is 11.5. The summed E-state index contributed by atoms with van der Waals surface area (Å²) in [7, 11) is 0.